The van der Waals surface area contributed by atoms with Gasteiger partial charge in [0, 0.05) is 12.6 Å². The predicted octanol–water partition coefficient (Wildman–Crippen LogP) is -3.53. The van der Waals surface area contributed by atoms with Crippen LogP contribution in [-0.4, -0.2) is 104 Å². The molecule has 20 heteroatoms. The minimum absolute atomic E-state index is 0.0343. The molecule has 41 heavy (non-hydrogen) atoms. The maximum Gasteiger partial charge on any atom is 0.341 e. The fourth-order valence-corrected chi connectivity index (χ4v) is 4.89. The standard InChI is InChI=1S/C21H24N12O8/c22-19-28-14-11(16(37)30-19)25-4-32(14)9-1-6(35)7(40-9)2-24-21(39)27-10-8(3-34)41-18(13(10)36)33-5-26-12-15(33)29-20(23)31-17(12)38/h2,4-10,13,18,34-36H,1,3H2,(H,27,39)(H3,22,28,30,37)(H3,23,29,31,38)/t6-,7+,8+,9+,10+,13+,18+/m0/s1. The van der Waals surface area contributed by atoms with Crippen molar-refractivity contribution in [3.05, 3.63) is 33.4 Å². The number of amides is 2. The van der Waals surface area contributed by atoms with Crippen LogP contribution in [-0.2, 0) is 9.47 Å². The van der Waals surface area contributed by atoms with Crippen LogP contribution < -0.4 is 27.9 Å². The minimum Gasteiger partial charge on any atom is -0.394 e. The third kappa shape index (κ3) is 4.58. The Hall–Kier alpha value is -4.76. The monoisotopic (exact) mass is 572 g/mol. The van der Waals surface area contributed by atoms with Crippen LogP contribution in [0, 0.1) is 0 Å². The number of aliphatic hydroxyl groups is 3. The number of aromatic nitrogens is 8. The summed E-state index contributed by atoms with van der Waals surface area (Å²) < 4.78 is 14.2. The van der Waals surface area contributed by atoms with E-state index >= 15 is 0 Å². The lowest BCUT2D eigenvalue weighted by Crippen LogP contribution is -2.47. The highest BCUT2D eigenvalue weighted by Gasteiger charge is 2.46. The van der Waals surface area contributed by atoms with Crippen LogP contribution in [0.5, 0.6) is 0 Å². The van der Waals surface area contributed by atoms with E-state index < -0.39 is 66.7 Å². The highest BCUT2D eigenvalue weighted by atomic mass is 16.5. The number of nitrogens with zero attached hydrogens (tertiary/aromatic N) is 7. The topological polar surface area (TPSA) is 300 Å². The fraction of sp³-hybridized carbons (Fsp3) is 0.429. The summed E-state index contributed by atoms with van der Waals surface area (Å²) in [5, 5.41) is 33.7. The molecule has 6 rings (SSSR count). The third-order valence-electron chi connectivity index (χ3n) is 6.81. The van der Waals surface area contributed by atoms with Gasteiger partial charge in [-0.05, 0) is 0 Å². The molecule has 2 saturated heterocycles. The number of fused-ring (bicyclic) bond motifs is 2. The number of H-pyrrole nitrogens is 2. The second-order valence-corrected chi connectivity index (χ2v) is 9.40. The van der Waals surface area contributed by atoms with Crippen molar-refractivity contribution in [2.45, 2.75) is 49.3 Å². The summed E-state index contributed by atoms with van der Waals surface area (Å²) >= 11 is 0. The summed E-state index contributed by atoms with van der Waals surface area (Å²) in [6.45, 7) is -0.572. The van der Waals surface area contributed by atoms with Gasteiger partial charge < -0.3 is 41.6 Å². The van der Waals surface area contributed by atoms with Gasteiger partial charge >= 0.3 is 6.03 Å². The Morgan fingerprint density at radius 3 is 2.32 bits per heavy atom. The Bertz CT molecular complexity index is 1780. The number of nitrogens with one attached hydrogen (secondary N) is 3. The zero-order valence-electron chi connectivity index (χ0n) is 20.9. The zero-order valence-corrected chi connectivity index (χ0v) is 20.9. The Balaban J connectivity index is 1.15. The van der Waals surface area contributed by atoms with Gasteiger partial charge in [-0.3, -0.25) is 28.7 Å². The molecule has 10 N–H and O–H groups in total. The van der Waals surface area contributed by atoms with E-state index in [4.69, 9.17) is 20.9 Å². The summed E-state index contributed by atoms with van der Waals surface area (Å²) in [7, 11) is 0. The van der Waals surface area contributed by atoms with Gasteiger partial charge in [0.25, 0.3) is 11.1 Å². The van der Waals surface area contributed by atoms with E-state index in [1.165, 1.54) is 21.8 Å². The lowest BCUT2D eigenvalue weighted by Gasteiger charge is -2.19. The van der Waals surface area contributed by atoms with Crippen LogP contribution in [0.1, 0.15) is 18.9 Å². The Kier molecular flexibility index (Phi) is 6.46. The zero-order chi connectivity index (χ0) is 29.0. The van der Waals surface area contributed by atoms with Crippen molar-refractivity contribution in [3.63, 3.8) is 0 Å². The SMILES string of the molecule is Nc1nc2c(ncn2[C@@H]2O[C@H](CO)[C@@H](NC(=O)N=C[C@H]3O[C@@H](n4cnc5c(=O)[nH]c(N)nc54)C[C@@H]3O)[C@H]2O)c(=O)[nH]1. The number of ether oxygens (including phenoxy) is 2. The molecule has 20 nitrogen and oxygen atoms in total. The molecule has 4 aromatic rings. The van der Waals surface area contributed by atoms with E-state index in [1.807, 2.05) is 0 Å². The molecule has 0 bridgehead atoms. The second-order valence-electron chi connectivity index (χ2n) is 9.40. The van der Waals surface area contributed by atoms with Crippen molar-refractivity contribution in [3.8, 4) is 0 Å². The van der Waals surface area contributed by atoms with Crippen LogP contribution in [0.3, 0.4) is 0 Å². The normalized spacial score (nSPS) is 28.3. The first-order valence-electron chi connectivity index (χ1n) is 12.2. The number of urea groups is 1. The van der Waals surface area contributed by atoms with Crippen LogP contribution in [0.25, 0.3) is 22.3 Å². The predicted molar refractivity (Wildman–Crippen MR) is 137 cm³/mol. The van der Waals surface area contributed by atoms with Gasteiger partial charge in [-0.1, -0.05) is 0 Å². The molecule has 0 saturated carbocycles. The molecule has 216 valence electrons. The number of anilines is 2. The maximum absolute atomic E-state index is 12.7. The van der Waals surface area contributed by atoms with E-state index in [-0.39, 0.29) is 40.6 Å². The number of aliphatic imine (C=N–C) groups is 1. The largest absolute Gasteiger partial charge is 0.394 e. The number of rotatable bonds is 5. The van der Waals surface area contributed by atoms with Crippen molar-refractivity contribution in [2.75, 3.05) is 18.1 Å². The summed E-state index contributed by atoms with van der Waals surface area (Å²) in [4.78, 5) is 61.3. The van der Waals surface area contributed by atoms with E-state index in [0.29, 0.717) is 0 Å². The molecular formula is C21H24N12O8. The molecule has 2 amide bonds. The number of aromatic amines is 2. The van der Waals surface area contributed by atoms with Gasteiger partial charge in [-0.2, -0.15) is 9.97 Å². The number of aliphatic hydroxyl groups excluding tert-OH is 3. The minimum atomic E-state index is -1.42. The lowest BCUT2D eigenvalue weighted by atomic mass is 10.1. The number of imidazole rings is 2. The average molecular weight is 572 g/mol. The molecule has 0 aromatic carbocycles. The highest BCUT2D eigenvalue weighted by Crippen LogP contribution is 2.32. The van der Waals surface area contributed by atoms with Crippen molar-refractivity contribution in [2.24, 2.45) is 4.99 Å². The number of hydrogen-bond acceptors (Lipinski definition) is 14. The van der Waals surface area contributed by atoms with E-state index in [9.17, 15) is 29.7 Å². The molecule has 4 aromatic heterocycles. The Morgan fingerprint density at radius 1 is 1.07 bits per heavy atom. The van der Waals surface area contributed by atoms with Crippen LogP contribution >= 0.6 is 0 Å². The summed E-state index contributed by atoms with van der Waals surface area (Å²) in [5.74, 6) is -0.294. The Morgan fingerprint density at radius 2 is 1.68 bits per heavy atom. The van der Waals surface area contributed by atoms with Crippen LogP contribution in [0.15, 0.2) is 27.2 Å². The summed E-state index contributed by atoms with van der Waals surface area (Å²) in [5.41, 5.74) is 10.3. The number of nitrogens with two attached hydrogens (primary N) is 2. The molecule has 2 aliphatic heterocycles. The van der Waals surface area contributed by atoms with Crippen molar-refractivity contribution >= 4 is 46.5 Å². The number of hydrogen-bond donors (Lipinski definition) is 8. The second kappa shape index (κ2) is 10.0. The van der Waals surface area contributed by atoms with Gasteiger partial charge in [0.05, 0.1) is 31.4 Å². The molecule has 0 aliphatic carbocycles. The van der Waals surface area contributed by atoms with Crippen molar-refractivity contribution in [1.29, 1.82) is 0 Å². The van der Waals surface area contributed by atoms with E-state index in [2.05, 4.69) is 40.2 Å². The first-order valence-corrected chi connectivity index (χ1v) is 12.2. The summed E-state index contributed by atoms with van der Waals surface area (Å²) in [6, 6.07) is -2.04. The van der Waals surface area contributed by atoms with Crippen molar-refractivity contribution in [1.82, 2.24) is 44.4 Å². The van der Waals surface area contributed by atoms with E-state index in [1.54, 1.807) is 0 Å². The highest BCUT2D eigenvalue weighted by molar-refractivity contribution is 5.85. The number of carbonyl (C=O) groups is 1. The average Bonchev–Trinajstić information content (AvgIpc) is 3.68. The van der Waals surface area contributed by atoms with E-state index in [0.717, 1.165) is 6.21 Å². The molecule has 0 spiro atoms. The fourth-order valence-electron chi connectivity index (χ4n) is 4.89. The van der Waals surface area contributed by atoms with Crippen LogP contribution in [0.2, 0.25) is 0 Å². The quantitative estimate of drug-likeness (QED) is 0.107. The molecular weight excluding hydrogens is 548 g/mol. The smallest absolute Gasteiger partial charge is 0.341 e. The van der Waals surface area contributed by atoms with Gasteiger partial charge in [0.15, 0.2) is 28.6 Å². The van der Waals surface area contributed by atoms with Crippen LogP contribution in [0.4, 0.5) is 16.7 Å². The number of nitrogen functional groups attached to an aromatic ring is 2. The molecule has 0 unspecified atom stereocenters. The molecule has 7 atom stereocenters. The maximum atomic E-state index is 12.7. The lowest BCUT2D eigenvalue weighted by molar-refractivity contribution is -0.0489. The first kappa shape index (κ1) is 26.5. The third-order valence-corrected chi connectivity index (χ3v) is 6.81. The van der Waals surface area contributed by atoms with Crippen molar-refractivity contribution < 1.29 is 29.6 Å². The van der Waals surface area contributed by atoms with Gasteiger partial charge in [0.2, 0.25) is 11.9 Å². The first-order chi connectivity index (χ1) is 19.6. The number of carbonyl (C=O) groups excluding carboxylic acids is 1. The molecule has 2 aliphatic rings. The molecule has 0 radical (unpaired) electrons. The Labute approximate surface area is 226 Å². The molecule has 6 heterocycles. The van der Waals surface area contributed by atoms with Gasteiger partial charge in [-0.25, -0.2) is 19.8 Å². The summed E-state index contributed by atoms with van der Waals surface area (Å²) in [6.07, 6.45) is -2.81. The molecule has 2 fully saturated rings. The van der Waals surface area contributed by atoms with Gasteiger partial charge in [-0.15, -0.1) is 0 Å². The van der Waals surface area contributed by atoms with Gasteiger partial charge in [0.1, 0.15) is 24.5 Å².